The minimum Gasteiger partial charge on any atom is -0.477 e. The Kier molecular flexibility index (Phi) is 58.3. The summed E-state index contributed by atoms with van der Waals surface area (Å²) in [5.41, 5.74) is 0. The van der Waals surface area contributed by atoms with Gasteiger partial charge in [0.1, 0.15) is 13.2 Å². The minimum atomic E-state index is -1.51. The van der Waals surface area contributed by atoms with E-state index < -0.39 is 24.3 Å². The van der Waals surface area contributed by atoms with E-state index in [0.29, 0.717) is 17.4 Å². The second kappa shape index (κ2) is 60.8. The molecular formula is C70H126NO8+. The molecule has 0 fully saturated rings. The predicted molar refractivity (Wildman–Crippen MR) is 336 cm³/mol. The van der Waals surface area contributed by atoms with Crippen molar-refractivity contribution < 1.29 is 42.9 Å². The molecule has 9 heteroatoms. The highest BCUT2D eigenvalue weighted by molar-refractivity contribution is 5.71. The summed E-state index contributed by atoms with van der Waals surface area (Å²) in [7, 11) is 5.98. The molecule has 0 saturated carbocycles. The highest BCUT2D eigenvalue weighted by Crippen LogP contribution is 2.17. The van der Waals surface area contributed by atoms with Crippen LogP contribution in [0.3, 0.4) is 0 Å². The fourth-order valence-corrected chi connectivity index (χ4v) is 9.39. The Labute approximate surface area is 487 Å². The van der Waals surface area contributed by atoms with Crippen molar-refractivity contribution in [3.8, 4) is 0 Å². The molecule has 0 aromatic rings. The molecule has 0 aliphatic rings. The van der Waals surface area contributed by atoms with Gasteiger partial charge < -0.3 is 28.5 Å². The lowest BCUT2D eigenvalue weighted by Gasteiger charge is -2.25. The first kappa shape index (κ1) is 75.7. The SMILES string of the molecule is CC/C=C\C/C=C\C/C=C\C/C=C\CCCCCCCCCCCCCCCCCCC(=O)OC(COC(=O)CCCCCCCCCCCCCCC/C=C\C/C=C\CCCCCCC)COC(OCC[N+](C)(C)C)C(=O)O. The third kappa shape index (κ3) is 62.2. The number of ether oxygens (including phenoxy) is 4. The standard InChI is InChI=1S/C70H125NO8/c1-6-8-10-12-14-16-18-20-22-24-26-28-30-32-33-34-35-37-39-41-43-45-47-49-51-53-55-57-59-61-68(73)79-66(65-78-70(69(74)75)76-63-62-71(3,4)5)64-77-67(72)60-58-56-54-52-50-48-46-44-42-40-38-36-31-29-27-25-23-21-19-17-15-13-11-9-7-2/h8,10,14,16,19-22,25-28,66,70H,6-7,9,11-13,15,17-18,23-24,29-65H2,1-5H3/p+1/b10-8-,16-14-,21-19-,22-20-,27-25-,28-26-. The van der Waals surface area contributed by atoms with Crippen LogP contribution in [-0.4, -0.2) is 87.4 Å². The number of allylic oxidation sites excluding steroid dienone is 12. The van der Waals surface area contributed by atoms with Gasteiger partial charge in [-0.1, -0.05) is 273 Å². The van der Waals surface area contributed by atoms with E-state index in [9.17, 15) is 19.5 Å². The van der Waals surface area contributed by atoms with Crippen molar-refractivity contribution in [1.29, 1.82) is 0 Å². The molecular weight excluding hydrogens is 983 g/mol. The molecule has 0 amide bonds. The van der Waals surface area contributed by atoms with E-state index in [1.54, 1.807) is 0 Å². The van der Waals surface area contributed by atoms with Crippen LogP contribution in [-0.2, 0) is 33.3 Å². The van der Waals surface area contributed by atoms with Gasteiger partial charge in [-0.25, -0.2) is 4.79 Å². The Morgan fingerprint density at radius 3 is 1.08 bits per heavy atom. The van der Waals surface area contributed by atoms with Crippen molar-refractivity contribution in [1.82, 2.24) is 0 Å². The molecule has 458 valence electrons. The molecule has 2 unspecified atom stereocenters. The van der Waals surface area contributed by atoms with E-state index in [0.717, 1.165) is 70.6 Å². The number of carboxylic acids is 1. The van der Waals surface area contributed by atoms with E-state index in [1.165, 1.54) is 199 Å². The van der Waals surface area contributed by atoms with Crippen LogP contribution in [0.2, 0.25) is 0 Å². The third-order valence-corrected chi connectivity index (χ3v) is 14.4. The van der Waals surface area contributed by atoms with Crippen LogP contribution in [0.5, 0.6) is 0 Å². The third-order valence-electron chi connectivity index (χ3n) is 14.4. The molecule has 0 saturated heterocycles. The van der Waals surface area contributed by atoms with E-state index in [4.69, 9.17) is 18.9 Å². The molecule has 0 aromatic heterocycles. The summed E-state index contributed by atoms with van der Waals surface area (Å²) in [6.07, 6.45) is 77.1. The number of carbonyl (C=O) groups is 3. The van der Waals surface area contributed by atoms with E-state index in [-0.39, 0.29) is 32.2 Å². The fourth-order valence-electron chi connectivity index (χ4n) is 9.39. The molecule has 0 radical (unpaired) electrons. The van der Waals surface area contributed by atoms with Crippen LogP contribution in [0.15, 0.2) is 72.9 Å². The van der Waals surface area contributed by atoms with Gasteiger partial charge in [-0.3, -0.25) is 9.59 Å². The number of carbonyl (C=O) groups excluding carboxylic acids is 2. The molecule has 0 aromatic carbocycles. The van der Waals surface area contributed by atoms with Crippen molar-refractivity contribution >= 4 is 17.9 Å². The Balaban J connectivity index is 4.14. The minimum absolute atomic E-state index is 0.182. The first-order chi connectivity index (χ1) is 38.6. The summed E-state index contributed by atoms with van der Waals surface area (Å²) in [6, 6.07) is 0. The van der Waals surface area contributed by atoms with Gasteiger partial charge in [-0.15, -0.1) is 0 Å². The Hall–Kier alpha value is -3.27. The van der Waals surface area contributed by atoms with Crippen LogP contribution in [0.4, 0.5) is 0 Å². The van der Waals surface area contributed by atoms with Crippen molar-refractivity contribution in [3.63, 3.8) is 0 Å². The second-order valence-corrected chi connectivity index (χ2v) is 23.4. The molecule has 0 aliphatic heterocycles. The lowest BCUT2D eigenvalue weighted by atomic mass is 10.0. The first-order valence-electron chi connectivity index (χ1n) is 33.1. The summed E-state index contributed by atoms with van der Waals surface area (Å²) in [4.78, 5) is 37.6. The van der Waals surface area contributed by atoms with E-state index >= 15 is 0 Å². The van der Waals surface area contributed by atoms with Crippen LogP contribution in [0, 0.1) is 0 Å². The number of rotatable bonds is 61. The Morgan fingerprint density at radius 1 is 0.392 bits per heavy atom. The topological polar surface area (TPSA) is 108 Å². The molecule has 79 heavy (non-hydrogen) atoms. The maximum Gasteiger partial charge on any atom is 0.361 e. The van der Waals surface area contributed by atoms with Gasteiger partial charge in [0, 0.05) is 12.8 Å². The number of hydrogen-bond donors (Lipinski definition) is 1. The molecule has 0 heterocycles. The zero-order valence-corrected chi connectivity index (χ0v) is 52.3. The van der Waals surface area contributed by atoms with Crippen LogP contribution in [0.1, 0.15) is 296 Å². The van der Waals surface area contributed by atoms with Gasteiger partial charge in [0.2, 0.25) is 0 Å². The smallest absolute Gasteiger partial charge is 0.361 e. The molecule has 2 atom stereocenters. The average molecular weight is 1110 g/mol. The zero-order valence-electron chi connectivity index (χ0n) is 52.3. The molecule has 1 N–H and O–H groups in total. The number of quaternary nitrogens is 1. The van der Waals surface area contributed by atoms with Gasteiger partial charge in [-0.2, -0.15) is 0 Å². The quantitative estimate of drug-likeness (QED) is 0.0211. The van der Waals surface area contributed by atoms with Gasteiger partial charge >= 0.3 is 17.9 Å². The second-order valence-electron chi connectivity index (χ2n) is 23.4. The number of likely N-dealkylation sites (N-methyl/N-ethyl adjacent to an activating group) is 1. The zero-order chi connectivity index (χ0) is 57.6. The van der Waals surface area contributed by atoms with Crippen molar-refractivity contribution in [2.45, 2.75) is 309 Å². The van der Waals surface area contributed by atoms with E-state index in [2.05, 4.69) is 86.8 Å². The van der Waals surface area contributed by atoms with E-state index in [1.807, 2.05) is 21.1 Å². The summed E-state index contributed by atoms with van der Waals surface area (Å²) in [6.45, 7) is 4.79. The van der Waals surface area contributed by atoms with Crippen molar-refractivity contribution in [2.75, 3.05) is 47.5 Å². The molecule has 0 spiro atoms. The normalized spacial score (nSPS) is 13.2. The van der Waals surface area contributed by atoms with Gasteiger partial charge in [0.25, 0.3) is 6.29 Å². The number of unbranched alkanes of at least 4 members (excludes halogenated alkanes) is 34. The summed E-state index contributed by atoms with van der Waals surface area (Å²) in [5, 5.41) is 9.74. The Morgan fingerprint density at radius 2 is 0.722 bits per heavy atom. The number of carboxylic acid groups (broad SMARTS) is 1. The summed E-state index contributed by atoms with van der Waals surface area (Å²) in [5.74, 6) is -1.99. The highest BCUT2D eigenvalue weighted by atomic mass is 16.7. The number of hydrogen-bond acceptors (Lipinski definition) is 7. The Bertz CT molecular complexity index is 1520. The van der Waals surface area contributed by atoms with Gasteiger partial charge in [0.15, 0.2) is 6.10 Å². The number of esters is 2. The monoisotopic (exact) mass is 1110 g/mol. The maximum atomic E-state index is 12.9. The predicted octanol–water partition coefficient (Wildman–Crippen LogP) is 20.1. The lowest BCUT2D eigenvalue weighted by Crippen LogP contribution is -2.40. The highest BCUT2D eigenvalue weighted by Gasteiger charge is 2.25. The molecule has 0 aliphatic carbocycles. The fraction of sp³-hybridized carbons (Fsp3) is 0.786. The summed E-state index contributed by atoms with van der Waals surface area (Å²) < 4.78 is 23.0. The van der Waals surface area contributed by atoms with Crippen LogP contribution < -0.4 is 0 Å². The summed E-state index contributed by atoms with van der Waals surface area (Å²) >= 11 is 0. The molecule has 0 bridgehead atoms. The maximum absolute atomic E-state index is 12.9. The van der Waals surface area contributed by atoms with Crippen molar-refractivity contribution in [2.24, 2.45) is 0 Å². The number of aliphatic carboxylic acids is 1. The average Bonchev–Trinajstić information content (AvgIpc) is 3.42. The first-order valence-corrected chi connectivity index (χ1v) is 33.1. The lowest BCUT2D eigenvalue weighted by molar-refractivity contribution is -0.870. The van der Waals surface area contributed by atoms with Crippen LogP contribution in [0.25, 0.3) is 0 Å². The molecule has 9 nitrogen and oxygen atoms in total. The van der Waals surface area contributed by atoms with Crippen molar-refractivity contribution in [3.05, 3.63) is 72.9 Å². The van der Waals surface area contributed by atoms with Gasteiger partial charge in [0.05, 0.1) is 34.4 Å². The largest absolute Gasteiger partial charge is 0.477 e. The van der Waals surface area contributed by atoms with Gasteiger partial charge in [-0.05, 0) is 83.5 Å². The number of nitrogens with zero attached hydrogens (tertiary/aromatic N) is 1. The van der Waals surface area contributed by atoms with Crippen LogP contribution >= 0.6 is 0 Å². The molecule has 0 rings (SSSR count).